The lowest BCUT2D eigenvalue weighted by atomic mass is 10.1. The molecule has 0 bridgehead atoms. The second kappa shape index (κ2) is 3.82. The van der Waals surface area contributed by atoms with E-state index >= 15 is 0 Å². The van der Waals surface area contributed by atoms with Crippen LogP contribution in [-0.4, -0.2) is 6.26 Å². The molecule has 1 aromatic carbocycles. The molecule has 0 aromatic heterocycles. The number of benzene rings is 1. The lowest BCUT2D eigenvalue weighted by Crippen LogP contribution is -1.83. The fraction of sp³-hybridized carbons (Fsp3) is 0.300. The monoisotopic (exact) mass is 165 g/mol. The molecule has 59 valence electrons. The summed E-state index contributed by atoms with van der Waals surface area (Å²) < 4.78 is 0. The lowest BCUT2D eigenvalue weighted by Gasteiger charge is -2.03. The molecule has 0 nitrogen and oxygen atoms in total. The minimum absolute atomic E-state index is 1.09. The molecule has 0 heterocycles. The van der Waals surface area contributed by atoms with E-state index in [0.717, 1.165) is 12.0 Å². The third-order valence-corrected chi connectivity index (χ3v) is 2.59. The van der Waals surface area contributed by atoms with E-state index in [-0.39, 0.29) is 0 Å². The van der Waals surface area contributed by atoms with Gasteiger partial charge in [0.05, 0.1) is 0 Å². The topological polar surface area (TPSA) is 0 Å². The van der Waals surface area contributed by atoms with Crippen LogP contribution in [0.1, 0.15) is 18.1 Å². The van der Waals surface area contributed by atoms with Gasteiger partial charge in [-0.25, -0.2) is 0 Å². The SMILES string of the molecule is [CH2]c1cc(CC)ccc1SC. The van der Waals surface area contributed by atoms with E-state index in [4.69, 9.17) is 0 Å². The summed E-state index contributed by atoms with van der Waals surface area (Å²) in [6, 6.07) is 6.47. The Balaban J connectivity index is 2.99. The molecule has 1 radical (unpaired) electrons. The van der Waals surface area contributed by atoms with Crippen molar-refractivity contribution in [3.63, 3.8) is 0 Å². The van der Waals surface area contributed by atoms with Gasteiger partial charge in [0.25, 0.3) is 0 Å². The fourth-order valence-corrected chi connectivity index (χ4v) is 1.58. The van der Waals surface area contributed by atoms with Crippen molar-refractivity contribution in [2.24, 2.45) is 0 Å². The van der Waals surface area contributed by atoms with Gasteiger partial charge in [-0.1, -0.05) is 19.1 Å². The molecule has 0 saturated carbocycles. The number of aryl methyl sites for hydroxylation is 1. The maximum Gasteiger partial charge on any atom is 0.0101 e. The Hall–Kier alpha value is -0.430. The third kappa shape index (κ3) is 2.00. The van der Waals surface area contributed by atoms with E-state index in [1.165, 1.54) is 10.5 Å². The maximum absolute atomic E-state index is 3.98. The van der Waals surface area contributed by atoms with Crippen molar-refractivity contribution in [3.05, 3.63) is 36.2 Å². The zero-order chi connectivity index (χ0) is 8.27. The average Bonchev–Trinajstić information content (AvgIpc) is 2.04. The van der Waals surface area contributed by atoms with Crippen LogP contribution in [0.4, 0.5) is 0 Å². The molecular formula is C10H13S. The van der Waals surface area contributed by atoms with Gasteiger partial charge in [-0.15, -0.1) is 11.8 Å². The van der Waals surface area contributed by atoms with Crippen molar-refractivity contribution in [3.8, 4) is 0 Å². The van der Waals surface area contributed by atoms with Gasteiger partial charge in [-0.2, -0.15) is 0 Å². The van der Waals surface area contributed by atoms with Crippen LogP contribution < -0.4 is 0 Å². The molecule has 0 N–H and O–H groups in total. The molecule has 0 saturated heterocycles. The number of thioether (sulfide) groups is 1. The minimum Gasteiger partial charge on any atom is -0.129 e. The highest BCUT2D eigenvalue weighted by Crippen LogP contribution is 2.20. The van der Waals surface area contributed by atoms with Gasteiger partial charge >= 0.3 is 0 Å². The van der Waals surface area contributed by atoms with Crippen LogP contribution in [0.3, 0.4) is 0 Å². The molecule has 0 aliphatic carbocycles. The number of hydrogen-bond donors (Lipinski definition) is 0. The van der Waals surface area contributed by atoms with Crippen molar-refractivity contribution in [1.82, 2.24) is 0 Å². The second-order valence-electron chi connectivity index (χ2n) is 2.50. The van der Waals surface area contributed by atoms with E-state index in [1.54, 1.807) is 11.8 Å². The first kappa shape index (κ1) is 8.66. The van der Waals surface area contributed by atoms with Crippen molar-refractivity contribution in [1.29, 1.82) is 0 Å². The Labute approximate surface area is 73.0 Å². The largest absolute Gasteiger partial charge is 0.129 e. The fourth-order valence-electron chi connectivity index (χ4n) is 1.05. The molecule has 1 rings (SSSR count). The molecule has 0 fully saturated rings. The maximum atomic E-state index is 3.98. The molecule has 0 aliphatic rings. The Morgan fingerprint density at radius 3 is 2.64 bits per heavy atom. The van der Waals surface area contributed by atoms with Gasteiger partial charge in [0.1, 0.15) is 0 Å². The van der Waals surface area contributed by atoms with Gasteiger partial charge in [-0.3, -0.25) is 0 Å². The normalized spacial score (nSPS) is 10.1. The quantitative estimate of drug-likeness (QED) is 0.607. The van der Waals surface area contributed by atoms with E-state index < -0.39 is 0 Å². The first-order valence-electron chi connectivity index (χ1n) is 3.76. The highest BCUT2D eigenvalue weighted by atomic mass is 32.2. The van der Waals surface area contributed by atoms with Crippen molar-refractivity contribution >= 4 is 11.8 Å². The highest BCUT2D eigenvalue weighted by Gasteiger charge is 1.96. The Kier molecular flexibility index (Phi) is 3.01. The van der Waals surface area contributed by atoms with Crippen molar-refractivity contribution < 1.29 is 0 Å². The molecule has 1 heteroatoms. The van der Waals surface area contributed by atoms with Crippen LogP contribution >= 0.6 is 11.8 Å². The van der Waals surface area contributed by atoms with E-state index in [0.29, 0.717) is 0 Å². The van der Waals surface area contributed by atoms with Crippen LogP contribution in [0.25, 0.3) is 0 Å². The summed E-state index contributed by atoms with van der Waals surface area (Å²) in [6.07, 6.45) is 3.17. The molecule has 1 aromatic rings. The molecule has 0 amide bonds. The zero-order valence-corrected chi connectivity index (χ0v) is 7.87. The Morgan fingerprint density at radius 1 is 1.45 bits per heavy atom. The van der Waals surface area contributed by atoms with E-state index in [9.17, 15) is 0 Å². The van der Waals surface area contributed by atoms with E-state index in [1.807, 2.05) is 0 Å². The molecule has 0 spiro atoms. The summed E-state index contributed by atoms with van der Waals surface area (Å²) in [5.41, 5.74) is 2.52. The third-order valence-electron chi connectivity index (χ3n) is 1.75. The Morgan fingerprint density at radius 2 is 2.18 bits per heavy atom. The summed E-state index contributed by atoms with van der Waals surface area (Å²) in [4.78, 5) is 1.28. The number of rotatable bonds is 2. The average molecular weight is 165 g/mol. The summed E-state index contributed by atoms with van der Waals surface area (Å²) >= 11 is 1.75. The van der Waals surface area contributed by atoms with Crippen LogP contribution in [0.2, 0.25) is 0 Å². The molecule has 0 unspecified atom stereocenters. The second-order valence-corrected chi connectivity index (χ2v) is 3.35. The minimum atomic E-state index is 1.09. The predicted octanol–water partition coefficient (Wildman–Crippen LogP) is 3.15. The summed E-state index contributed by atoms with van der Waals surface area (Å²) in [5, 5.41) is 0. The van der Waals surface area contributed by atoms with Crippen LogP contribution in [0, 0.1) is 6.92 Å². The Bertz CT molecular complexity index is 241. The van der Waals surface area contributed by atoms with Gasteiger partial charge in [-0.05, 0) is 36.8 Å². The standard InChI is InChI=1S/C10H13S/c1-4-9-5-6-10(11-3)8(2)7-9/h5-7H,2,4H2,1,3H3. The number of hydrogen-bond acceptors (Lipinski definition) is 1. The van der Waals surface area contributed by atoms with Gasteiger partial charge in [0.15, 0.2) is 0 Å². The predicted molar refractivity (Wildman–Crippen MR) is 52.1 cm³/mol. The zero-order valence-electron chi connectivity index (χ0n) is 7.05. The van der Waals surface area contributed by atoms with Gasteiger partial charge < -0.3 is 0 Å². The van der Waals surface area contributed by atoms with Crippen molar-refractivity contribution in [2.45, 2.75) is 18.2 Å². The summed E-state index contributed by atoms with van der Waals surface area (Å²) in [5.74, 6) is 0. The van der Waals surface area contributed by atoms with Gasteiger partial charge in [0.2, 0.25) is 0 Å². The molecular weight excluding hydrogens is 152 g/mol. The smallest absolute Gasteiger partial charge is 0.0101 e. The molecule has 0 atom stereocenters. The van der Waals surface area contributed by atoms with Crippen LogP contribution in [0.5, 0.6) is 0 Å². The van der Waals surface area contributed by atoms with Gasteiger partial charge in [0, 0.05) is 4.90 Å². The molecule has 11 heavy (non-hydrogen) atoms. The first-order valence-corrected chi connectivity index (χ1v) is 4.99. The highest BCUT2D eigenvalue weighted by molar-refractivity contribution is 7.98. The first-order chi connectivity index (χ1) is 5.27. The summed E-state index contributed by atoms with van der Waals surface area (Å²) in [6.45, 7) is 6.14. The van der Waals surface area contributed by atoms with Crippen LogP contribution in [0.15, 0.2) is 23.1 Å². The summed E-state index contributed by atoms with van der Waals surface area (Å²) in [7, 11) is 0. The van der Waals surface area contributed by atoms with Crippen molar-refractivity contribution in [2.75, 3.05) is 6.26 Å². The van der Waals surface area contributed by atoms with E-state index in [2.05, 4.69) is 38.3 Å². The van der Waals surface area contributed by atoms with Crippen LogP contribution in [-0.2, 0) is 6.42 Å². The molecule has 0 aliphatic heterocycles. The lowest BCUT2D eigenvalue weighted by molar-refractivity contribution is 1.12.